The molecule has 2 aromatic carbocycles. The summed E-state index contributed by atoms with van der Waals surface area (Å²) in [5, 5.41) is 0.765. The van der Waals surface area contributed by atoms with Crippen LogP contribution in [0.4, 0.5) is 13.2 Å². The lowest BCUT2D eigenvalue weighted by Crippen LogP contribution is -2.32. The van der Waals surface area contributed by atoms with E-state index in [1.54, 1.807) is 6.20 Å². The Labute approximate surface area is 192 Å². The van der Waals surface area contributed by atoms with Crippen LogP contribution >= 0.6 is 0 Å². The fourth-order valence-electron chi connectivity index (χ4n) is 4.08. The molecule has 178 valence electrons. The molecule has 34 heavy (non-hydrogen) atoms. The smallest absolute Gasteiger partial charge is 0.347 e. The monoisotopic (exact) mass is 472 g/mol. The van der Waals surface area contributed by atoms with Gasteiger partial charge in [-0.25, -0.2) is 9.78 Å². The van der Waals surface area contributed by atoms with E-state index in [-0.39, 0.29) is 16.7 Å². The standard InChI is InChI=1S/C24H23F3N4O3/c1-3-15-6-4-7-17-18(13-30(22(15)17)11-5-10-28)21-23(33)31(34-14(2)32)20-12-16(24(25,26)27)8-9-19(20)29-21/h4,6-9,12-13H,3,5,10-11,28H2,1-2H3. The highest BCUT2D eigenvalue weighted by Crippen LogP contribution is 2.33. The van der Waals surface area contributed by atoms with Crippen LogP contribution in [0.3, 0.4) is 0 Å². The van der Waals surface area contributed by atoms with Gasteiger partial charge >= 0.3 is 17.7 Å². The highest BCUT2D eigenvalue weighted by atomic mass is 19.4. The molecule has 10 heteroatoms. The zero-order valence-corrected chi connectivity index (χ0v) is 18.6. The van der Waals surface area contributed by atoms with Crippen LogP contribution in [-0.2, 0) is 23.9 Å². The number of hydrogen-bond acceptors (Lipinski definition) is 5. The van der Waals surface area contributed by atoms with Crippen molar-refractivity contribution in [3.8, 4) is 11.3 Å². The second-order valence-electron chi connectivity index (χ2n) is 7.89. The molecule has 0 aliphatic carbocycles. The summed E-state index contributed by atoms with van der Waals surface area (Å²) in [5.41, 5.74) is 6.18. The van der Waals surface area contributed by atoms with Crippen molar-refractivity contribution in [1.29, 1.82) is 0 Å². The predicted octanol–water partition coefficient (Wildman–Crippen LogP) is 3.92. The first-order valence-electron chi connectivity index (χ1n) is 10.8. The lowest BCUT2D eigenvalue weighted by molar-refractivity contribution is -0.141. The van der Waals surface area contributed by atoms with Gasteiger partial charge in [0.25, 0.3) is 0 Å². The van der Waals surface area contributed by atoms with Crippen molar-refractivity contribution >= 4 is 27.9 Å². The van der Waals surface area contributed by atoms with Gasteiger partial charge in [0.1, 0.15) is 11.2 Å². The summed E-state index contributed by atoms with van der Waals surface area (Å²) in [6, 6.07) is 8.51. The number of carbonyl (C=O) groups is 1. The van der Waals surface area contributed by atoms with E-state index in [1.165, 1.54) is 0 Å². The van der Waals surface area contributed by atoms with Gasteiger partial charge in [0, 0.05) is 30.6 Å². The topological polar surface area (TPSA) is 92.1 Å². The van der Waals surface area contributed by atoms with E-state index in [1.807, 2.05) is 29.7 Å². The molecular formula is C24H23F3N4O3. The number of nitrogens with zero attached hydrogens (tertiary/aromatic N) is 3. The minimum absolute atomic E-state index is 0.0294. The molecule has 0 aliphatic heterocycles. The molecular weight excluding hydrogens is 449 g/mol. The van der Waals surface area contributed by atoms with E-state index in [2.05, 4.69) is 4.98 Å². The summed E-state index contributed by atoms with van der Waals surface area (Å²) in [4.78, 5) is 34.6. The van der Waals surface area contributed by atoms with Crippen LogP contribution in [0.2, 0.25) is 0 Å². The summed E-state index contributed by atoms with van der Waals surface area (Å²) < 4.78 is 42.4. The molecule has 7 nitrogen and oxygen atoms in total. The molecule has 2 aromatic heterocycles. The Bertz CT molecular complexity index is 1450. The molecule has 4 aromatic rings. The Hall–Kier alpha value is -3.66. The zero-order chi connectivity index (χ0) is 24.6. The molecule has 0 radical (unpaired) electrons. The van der Waals surface area contributed by atoms with Crippen LogP contribution in [0.15, 0.2) is 47.4 Å². The maximum absolute atomic E-state index is 13.4. The van der Waals surface area contributed by atoms with E-state index in [9.17, 15) is 22.8 Å². The number of alkyl halides is 3. The number of aryl methyl sites for hydroxylation is 2. The molecule has 0 saturated heterocycles. The first kappa shape index (κ1) is 23.5. The average Bonchev–Trinajstić information content (AvgIpc) is 3.16. The van der Waals surface area contributed by atoms with Gasteiger partial charge in [0.05, 0.1) is 16.6 Å². The maximum Gasteiger partial charge on any atom is 0.416 e. The summed E-state index contributed by atoms with van der Waals surface area (Å²) in [6.45, 7) is 4.19. The minimum atomic E-state index is -4.64. The van der Waals surface area contributed by atoms with Crippen molar-refractivity contribution in [1.82, 2.24) is 14.3 Å². The first-order chi connectivity index (χ1) is 16.2. The fraction of sp³-hybridized carbons (Fsp3) is 0.292. The van der Waals surface area contributed by atoms with Gasteiger partial charge in [-0.1, -0.05) is 25.1 Å². The van der Waals surface area contributed by atoms with Gasteiger partial charge in [0.15, 0.2) is 0 Å². The third-order valence-electron chi connectivity index (χ3n) is 5.58. The Balaban J connectivity index is 2.04. The molecule has 2 heterocycles. The number of halogens is 3. The number of aromatic nitrogens is 3. The van der Waals surface area contributed by atoms with Crippen LogP contribution in [-0.4, -0.2) is 26.8 Å². The summed E-state index contributed by atoms with van der Waals surface area (Å²) in [5.74, 6) is -0.850. The molecule has 0 saturated carbocycles. The van der Waals surface area contributed by atoms with Crippen LogP contribution in [0, 0.1) is 0 Å². The van der Waals surface area contributed by atoms with E-state index >= 15 is 0 Å². The molecule has 2 N–H and O–H groups in total. The minimum Gasteiger partial charge on any atom is -0.347 e. The fourth-order valence-corrected chi connectivity index (χ4v) is 4.08. The lowest BCUT2D eigenvalue weighted by atomic mass is 10.1. The molecule has 0 atom stereocenters. The van der Waals surface area contributed by atoms with E-state index in [4.69, 9.17) is 10.6 Å². The van der Waals surface area contributed by atoms with Crippen molar-refractivity contribution in [3.63, 3.8) is 0 Å². The van der Waals surface area contributed by atoms with Gasteiger partial charge < -0.3 is 15.1 Å². The SMILES string of the molecule is CCc1cccc2c(-c3nc4ccc(C(F)(F)F)cc4n(OC(C)=O)c3=O)cn(CCCN)c12. The second kappa shape index (κ2) is 8.94. The van der Waals surface area contributed by atoms with Gasteiger partial charge in [-0.2, -0.15) is 13.2 Å². The van der Waals surface area contributed by atoms with Gasteiger partial charge in [-0.3, -0.25) is 4.79 Å². The summed E-state index contributed by atoms with van der Waals surface area (Å²) in [7, 11) is 0. The van der Waals surface area contributed by atoms with Gasteiger partial charge in [-0.15, -0.1) is 4.73 Å². The van der Waals surface area contributed by atoms with Crippen LogP contribution in [0.5, 0.6) is 0 Å². The molecule has 0 unspecified atom stereocenters. The first-order valence-corrected chi connectivity index (χ1v) is 10.8. The average molecular weight is 472 g/mol. The Morgan fingerprint density at radius 3 is 2.62 bits per heavy atom. The highest BCUT2D eigenvalue weighted by molar-refractivity contribution is 5.97. The van der Waals surface area contributed by atoms with Crippen molar-refractivity contribution in [2.75, 3.05) is 6.54 Å². The number of nitrogens with two attached hydrogens (primary N) is 1. The predicted molar refractivity (Wildman–Crippen MR) is 122 cm³/mol. The Morgan fingerprint density at radius 2 is 1.97 bits per heavy atom. The third-order valence-corrected chi connectivity index (χ3v) is 5.58. The van der Waals surface area contributed by atoms with Crippen LogP contribution < -0.4 is 16.1 Å². The van der Waals surface area contributed by atoms with Gasteiger partial charge in [-0.05, 0) is 43.1 Å². The normalized spacial score (nSPS) is 11.9. The van der Waals surface area contributed by atoms with Crippen molar-refractivity contribution in [2.24, 2.45) is 5.73 Å². The van der Waals surface area contributed by atoms with Crippen molar-refractivity contribution < 1.29 is 22.8 Å². The Kier molecular flexibility index (Phi) is 6.18. The van der Waals surface area contributed by atoms with E-state index in [0.29, 0.717) is 29.8 Å². The van der Waals surface area contributed by atoms with Gasteiger partial charge in [0.2, 0.25) is 0 Å². The van der Waals surface area contributed by atoms with E-state index < -0.39 is 23.3 Å². The molecule has 0 aliphatic rings. The zero-order valence-electron chi connectivity index (χ0n) is 18.6. The number of para-hydroxylation sites is 1. The maximum atomic E-state index is 13.4. The van der Waals surface area contributed by atoms with Crippen LogP contribution in [0.1, 0.15) is 31.4 Å². The molecule has 0 bridgehead atoms. The molecule has 0 spiro atoms. The quantitative estimate of drug-likeness (QED) is 0.459. The van der Waals surface area contributed by atoms with Crippen molar-refractivity contribution in [2.45, 2.75) is 39.4 Å². The Morgan fingerprint density at radius 1 is 1.21 bits per heavy atom. The molecule has 4 rings (SSSR count). The van der Waals surface area contributed by atoms with Crippen molar-refractivity contribution in [3.05, 3.63) is 64.1 Å². The molecule has 0 amide bonds. The number of fused-ring (bicyclic) bond motifs is 2. The molecule has 0 fully saturated rings. The van der Waals surface area contributed by atoms with Crippen LogP contribution in [0.25, 0.3) is 33.2 Å². The van der Waals surface area contributed by atoms with E-state index in [0.717, 1.165) is 48.0 Å². The number of carbonyl (C=O) groups excluding carboxylic acids is 1. The summed E-state index contributed by atoms with van der Waals surface area (Å²) in [6.07, 6.45) is -1.38. The number of rotatable bonds is 6. The highest BCUT2D eigenvalue weighted by Gasteiger charge is 2.31. The number of hydrogen-bond donors (Lipinski definition) is 1. The summed E-state index contributed by atoms with van der Waals surface area (Å²) >= 11 is 0. The third kappa shape index (κ3) is 4.16. The number of benzene rings is 2. The largest absolute Gasteiger partial charge is 0.416 e. The second-order valence-corrected chi connectivity index (χ2v) is 7.89. The lowest BCUT2D eigenvalue weighted by Gasteiger charge is -2.13.